The minimum Gasteiger partial charge on any atom is -0.497 e. The van der Waals surface area contributed by atoms with Gasteiger partial charge in [0.05, 0.1) is 14.2 Å². The first-order chi connectivity index (χ1) is 15.0. The van der Waals surface area contributed by atoms with Gasteiger partial charge < -0.3 is 9.47 Å². The van der Waals surface area contributed by atoms with Crippen LogP contribution >= 0.6 is 0 Å². The Morgan fingerprint density at radius 3 is 2.39 bits per heavy atom. The van der Waals surface area contributed by atoms with Gasteiger partial charge in [-0.15, -0.1) is 15.0 Å². The summed E-state index contributed by atoms with van der Waals surface area (Å²) in [5, 5.41) is 12.6. The second-order valence-electron chi connectivity index (χ2n) is 7.03. The van der Waals surface area contributed by atoms with E-state index in [1.54, 1.807) is 12.1 Å². The Morgan fingerprint density at radius 2 is 1.71 bits per heavy atom. The van der Waals surface area contributed by atoms with Crippen LogP contribution < -0.4 is 9.47 Å². The van der Waals surface area contributed by atoms with Crippen molar-refractivity contribution in [3.05, 3.63) is 48.5 Å². The molecule has 0 unspecified atom stereocenters. The fourth-order valence-electron chi connectivity index (χ4n) is 3.42. The van der Waals surface area contributed by atoms with E-state index in [0.717, 1.165) is 5.56 Å². The highest BCUT2D eigenvalue weighted by atomic mass is 32.2. The first-order valence-electron chi connectivity index (χ1n) is 9.79. The van der Waals surface area contributed by atoms with Crippen LogP contribution in [0, 0.1) is 0 Å². The molecule has 0 radical (unpaired) electrons. The monoisotopic (exact) mass is 444 g/mol. The first kappa shape index (κ1) is 21.2. The molecule has 0 aliphatic carbocycles. The van der Waals surface area contributed by atoms with E-state index in [1.165, 1.54) is 29.4 Å². The van der Waals surface area contributed by atoms with Gasteiger partial charge in [-0.3, -0.25) is 4.90 Å². The summed E-state index contributed by atoms with van der Waals surface area (Å²) in [6.45, 7) is 2.24. The van der Waals surface area contributed by atoms with Gasteiger partial charge in [0.2, 0.25) is 15.8 Å². The maximum absolute atomic E-state index is 13.2. The van der Waals surface area contributed by atoms with Crippen molar-refractivity contribution >= 4 is 10.0 Å². The number of benzene rings is 2. The van der Waals surface area contributed by atoms with Crippen LogP contribution in [0.3, 0.4) is 0 Å². The number of hydrogen-bond acceptors (Lipinski definition) is 8. The first-order valence-corrected chi connectivity index (χ1v) is 11.2. The molecule has 0 amide bonds. The molecular weight excluding hydrogens is 420 g/mol. The highest BCUT2D eigenvalue weighted by Gasteiger charge is 2.31. The largest absolute Gasteiger partial charge is 0.497 e. The Morgan fingerprint density at radius 1 is 0.968 bits per heavy atom. The Labute approximate surface area is 181 Å². The van der Waals surface area contributed by atoms with Crippen LogP contribution in [0.1, 0.15) is 0 Å². The normalized spacial score (nSPS) is 15.7. The standard InChI is InChI=1S/C20H24N6O4S/c1-29-17-8-9-18(30-2)19(14-17)31(27,28)25-12-10-24(11-13-25)15-26-22-20(21-23-26)16-6-4-3-5-7-16/h3-9,14H,10-13,15H2,1-2H3. The lowest BCUT2D eigenvalue weighted by Gasteiger charge is -2.33. The molecule has 31 heavy (non-hydrogen) atoms. The Kier molecular flexibility index (Phi) is 6.16. The van der Waals surface area contributed by atoms with Crippen molar-refractivity contribution in [1.82, 2.24) is 29.4 Å². The predicted octanol–water partition coefficient (Wildman–Crippen LogP) is 1.32. The smallest absolute Gasteiger partial charge is 0.246 e. The Bertz CT molecular complexity index is 1130. The van der Waals surface area contributed by atoms with E-state index in [2.05, 4.69) is 20.3 Å². The third kappa shape index (κ3) is 4.53. The van der Waals surface area contributed by atoms with E-state index in [4.69, 9.17) is 9.47 Å². The summed E-state index contributed by atoms with van der Waals surface area (Å²) in [6.07, 6.45) is 0. The van der Waals surface area contributed by atoms with Crippen molar-refractivity contribution in [2.45, 2.75) is 11.6 Å². The second kappa shape index (κ2) is 9.00. The van der Waals surface area contributed by atoms with Gasteiger partial charge in [-0.1, -0.05) is 30.3 Å². The summed E-state index contributed by atoms with van der Waals surface area (Å²) in [5.41, 5.74) is 0.900. The van der Waals surface area contributed by atoms with Crippen LogP contribution in [0.25, 0.3) is 11.4 Å². The van der Waals surface area contributed by atoms with Gasteiger partial charge in [-0.2, -0.15) is 4.31 Å². The SMILES string of the molecule is COc1ccc(OC)c(S(=O)(=O)N2CCN(Cn3nnc(-c4ccccc4)n3)CC2)c1. The Balaban J connectivity index is 1.41. The van der Waals surface area contributed by atoms with Crippen molar-refractivity contribution in [3.8, 4) is 22.9 Å². The molecule has 164 valence electrons. The highest BCUT2D eigenvalue weighted by molar-refractivity contribution is 7.89. The zero-order valence-corrected chi connectivity index (χ0v) is 18.2. The molecule has 0 bridgehead atoms. The summed E-state index contributed by atoms with van der Waals surface area (Å²) >= 11 is 0. The molecule has 2 heterocycles. The third-order valence-electron chi connectivity index (χ3n) is 5.13. The zero-order valence-electron chi connectivity index (χ0n) is 17.4. The van der Waals surface area contributed by atoms with Crippen molar-refractivity contribution in [2.24, 2.45) is 0 Å². The summed E-state index contributed by atoms with van der Waals surface area (Å²) < 4.78 is 38.3. The van der Waals surface area contributed by atoms with E-state index >= 15 is 0 Å². The summed E-state index contributed by atoms with van der Waals surface area (Å²) in [4.78, 5) is 3.72. The maximum atomic E-state index is 13.2. The van der Waals surface area contributed by atoms with Crippen molar-refractivity contribution < 1.29 is 17.9 Å². The fraction of sp³-hybridized carbons (Fsp3) is 0.350. The molecule has 0 spiro atoms. The van der Waals surface area contributed by atoms with Gasteiger partial charge >= 0.3 is 0 Å². The number of sulfonamides is 1. The number of tetrazole rings is 1. The fourth-order valence-corrected chi connectivity index (χ4v) is 5.01. The van der Waals surface area contributed by atoms with Crippen LogP contribution in [-0.4, -0.2) is 78.2 Å². The third-order valence-corrected chi connectivity index (χ3v) is 7.05. The molecule has 1 aliphatic rings. The molecule has 1 aromatic heterocycles. The van der Waals surface area contributed by atoms with Gasteiger partial charge in [0, 0.05) is 37.8 Å². The van der Waals surface area contributed by atoms with E-state index < -0.39 is 10.0 Å². The predicted molar refractivity (Wildman–Crippen MR) is 113 cm³/mol. The number of aromatic nitrogens is 4. The lowest BCUT2D eigenvalue weighted by atomic mass is 10.2. The maximum Gasteiger partial charge on any atom is 0.246 e. The summed E-state index contributed by atoms with van der Waals surface area (Å²) in [6, 6.07) is 14.4. The van der Waals surface area contributed by atoms with Gasteiger partial charge in [0.25, 0.3) is 0 Å². The van der Waals surface area contributed by atoms with Gasteiger partial charge in [-0.25, -0.2) is 8.42 Å². The topological polar surface area (TPSA) is 103 Å². The lowest BCUT2D eigenvalue weighted by Crippen LogP contribution is -2.49. The molecule has 1 aliphatic heterocycles. The zero-order chi connectivity index (χ0) is 21.8. The van der Waals surface area contributed by atoms with Crippen LogP contribution in [0.4, 0.5) is 0 Å². The lowest BCUT2D eigenvalue weighted by molar-refractivity contribution is 0.136. The Hall–Kier alpha value is -3.02. The minimum absolute atomic E-state index is 0.105. The number of hydrogen-bond donors (Lipinski definition) is 0. The molecule has 11 heteroatoms. The van der Waals surface area contributed by atoms with Gasteiger partial charge in [0.1, 0.15) is 23.1 Å². The number of piperazine rings is 1. The second-order valence-corrected chi connectivity index (χ2v) is 8.94. The summed E-state index contributed by atoms with van der Waals surface area (Å²) in [5.74, 6) is 1.32. The van der Waals surface area contributed by atoms with Crippen molar-refractivity contribution in [3.63, 3.8) is 0 Å². The average Bonchev–Trinajstić information content (AvgIpc) is 3.28. The molecule has 0 saturated carbocycles. The molecule has 0 atom stereocenters. The van der Waals surface area contributed by atoms with E-state index in [0.29, 0.717) is 50.2 Å². The number of nitrogens with zero attached hydrogens (tertiary/aromatic N) is 6. The number of rotatable bonds is 7. The molecule has 1 fully saturated rings. The van der Waals surface area contributed by atoms with Crippen molar-refractivity contribution in [2.75, 3.05) is 40.4 Å². The van der Waals surface area contributed by atoms with Crippen LogP contribution in [-0.2, 0) is 16.7 Å². The van der Waals surface area contributed by atoms with E-state index in [9.17, 15) is 8.42 Å². The average molecular weight is 445 g/mol. The molecule has 1 saturated heterocycles. The van der Waals surface area contributed by atoms with Crippen LogP contribution in [0.5, 0.6) is 11.5 Å². The number of methoxy groups -OCH3 is 2. The van der Waals surface area contributed by atoms with E-state index in [-0.39, 0.29) is 4.90 Å². The molecule has 10 nitrogen and oxygen atoms in total. The van der Waals surface area contributed by atoms with Gasteiger partial charge in [-0.05, 0) is 17.3 Å². The van der Waals surface area contributed by atoms with E-state index in [1.807, 2.05) is 30.3 Å². The highest BCUT2D eigenvalue weighted by Crippen LogP contribution is 2.31. The van der Waals surface area contributed by atoms with Gasteiger partial charge in [0.15, 0.2) is 0 Å². The number of ether oxygens (including phenoxy) is 2. The molecule has 4 rings (SSSR count). The summed E-state index contributed by atoms with van der Waals surface area (Å²) in [7, 11) is -0.764. The van der Waals surface area contributed by atoms with Crippen LogP contribution in [0.2, 0.25) is 0 Å². The molecule has 3 aromatic rings. The molecule has 2 aromatic carbocycles. The quantitative estimate of drug-likeness (QED) is 0.538. The minimum atomic E-state index is -3.71. The van der Waals surface area contributed by atoms with Crippen molar-refractivity contribution in [1.29, 1.82) is 0 Å². The molecular formula is C20H24N6O4S. The molecule has 0 N–H and O–H groups in total. The van der Waals surface area contributed by atoms with Crippen LogP contribution in [0.15, 0.2) is 53.4 Å².